The fraction of sp³-hybridized carbons (Fsp3) is 0.786. The summed E-state index contributed by atoms with van der Waals surface area (Å²) in [4.78, 5) is 4.71. The van der Waals surface area contributed by atoms with Crippen LogP contribution in [0.2, 0.25) is 0 Å². The SMILES string of the molecule is CC(C)(C)c1csc(CC(N)C2(C)CCCO2)n1. The van der Waals surface area contributed by atoms with Gasteiger partial charge in [-0.1, -0.05) is 20.8 Å². The van der Waals surface area contributed by atoms with E-state index in [1.807, 2.05) is 0 Å². The first-order valence-corrected chi connectivity index (χ1v) is 7.54. The van der Waals surface area contributed by atoms with Gasteiger partial charge in [0.15, 0.2) is 0 Å². The molecule has 0 bridgehead atoms. The van der Waals surface area contributed by atoms with Gasteiger partial charge in [0.05, 0.1) is 16.3 Å². The van der Waals surface area contributed by atoms with E-state index in [0.29, 0.717) is 0 Å². The molecule has 0 spiro atoms. The van der Waals surface area contributed by atoms with E-state index >= 15 is 0 Å². The highest BCUT2D eigenvalue weighted by Gasteiger charge is 2.36. The summed E-state index contributed by atoms with van der Waals surface area (Å²) >= 11 is 1.72. The Morgan fingerprint density at radius 1 is 1.56 bits per heavy atom. The van der Waals surface area contributed by atoms with Gasteiger partial charge in [0.25, 0.3) is 0 Å². The normalized spacial score (nSPS) is 26.5. The van der Waals surface area contributed by atoms with E-state index in [9.17, 15) is 0 Å². The fourth-order valence-corrected chi connectivity index (χ4v) is 3.33. The molecule has 2 rings (SSSR count). The van der Waals surface area contributed by atoms with Crippen LogP contribution >= 0.6 is 11.3 Å². The molecule has 2 N–H and O–H groups in total. The Morgan fingerprint density at radius 3 is 2.78 bits per heavy atom. The minimum absolute atomic E-state index is 0.0407. The zero-order valence-corrected chi connectivity index (χ0v) is 12.6. The summed E-state index contributed by atoms with van der Waals surface area (Å²) in [5.41, 5.74) is 7.42. The maximum atomic E-state index is 6.31. The lowest BCUT2D eigenvalue weighted by Crippen LogP contribution is -2.46. The Labute approximate surface area is 114 Å². The third-order valence-electron chi connectivity index (χ3n) is 3.75. The summed E-state index contributed by atoms with van der Waals surface area (Å²) in [5.74, 6) is 0. The van der Waals surface area contributed by atoms with Crippen molar-refractivity contribution in [2.45, 2.75) is 64.0 Å². The Kier molecular flexibility index (Phi) is 3.81. The van der Waals surface area contributed by atoms with Crippen LogP contribution in [0.15, 0.2) is 5.38 Å². The van der Waals surface area contributed by atoms with Crippen molar-refractivity contribution in [3.05, 3.63) is 16.1 Å². The highest BCUT2D eigenvalue weighted by Crippen LogP contribution is 2.30. The van der Waals surface area contributed by atoms with Crippen LogP contribution in [0.3, 0.4) is 0 Å². The van der Waals surface area contributed by atoms with Crippen LogP contribution in [0.4, 0.5) is 0 Å². The molecule has 1 aliphatic rings. The molecule has 1 saturated heterocycles. The van der Waals surface area contributed by atoms with Crippen molar-refractivity contribution in [1.29, 1.82) is 0 Å². The van der Waals surface area contributed by atoms with Crippen LogP contribution < -0.4 is 5.73 Å². The van der Waals surface area contributed by atoms with Crippen molar-refractivity contribution in [2.24, 2.45) is 5.73 Å². The molecule has 1 aliphatic heterocycles. The second kappa shape index (κ2) is 4.91. The van der Waals surface area contributed by atoms with Gasteiger partial charge >= 0.3 is 0 Å². The third-order valence-corrected chi connectivity index (χ3v) is 4.62. The molecule has 1 aromatic heterocycles. The van der Waals surface area contributed by atoms with E-state index in [1.54, 1.807) is 11.3 Å². The summed E-state index contributed by atoms with van der Waals surface area (Å²) in [6, 6.07) is 0.0407. The molecule has 0 radical (unpaired) electrons. The maximum absolute atomic E-state index is 6.31. The second-order valence-electron chi connectivity index (χ2n) is 6.45. The maximum Gasteiger partial charge on any atom is 0.0945 e. The summed E-state index contributed by atoms with van der Waals surface area (Å²) in [5, 5.41) is 3.28. The van der Waals surface area contributed by atoms with E-state index in [1.165, 1.54) is 0 Å². The van der Waals surface area contributed by atoms with Gasteiger partial charge < -0.3 is 10.5 Å². The van der Waals surface area contributed by atoms with Gasteiger partial charge in [-0.2, -0.15) is 0 Å². The van der Waals surface area contributed by atoms with Crippen LogP contribution in [0.1, 0.15) is 51.2 Å². The van der Waals surface area contributed by atoms with Crippen molar-refractivity contribution in [2.75, 3.05) is 6.61 Å². The average molecular weight is 268 g/mol. The van der Waals surface area contributed by atoms with Gasteiger partial charge in [-0.3, -0.25) is 0 Å². The minimum Gasteiger partial charge on any atom is -0.374 e. The van der Waals surface area contributed by atoms with Crippen LogP contribution in [0.5, 0.6) is 0 Å². The molecular formula is C14H24N2OS. The lowest BCUT2D eigenvalue weighted by Gasteiger charge is -2.29. The topological polar surface area (TPSA) is 48.1 Å². The highest BCUT2D eigenvalue weighted by atomic mass is 32.1. The van der Waals surface area contributed by atoms with Crippen LogP contribution in [0.25, 0.3) is 0 Å². The molecule has 2 unspecified atom stereocenters. The molecule has 1 fully saturated rings. The first-order chi connectivity index (χ1) is 8.31. The van der Waals surface area contributed by atoms with E-state index in [2.05, 4.69) is 33.1 Å². The monoisotopic (exact) mass is 268 g/mol. The number of ether oxygens (including phenoxy) is 1. The standard InChI is InChI=1S/C14H24N2OS/c1-13(2,3)11-9-18-12(16-11)8-10(15)14(4)6-5-7-17-14/h9-10H,5-8,15H2,1-4H3. The number of nitrogens with zero attached hydrogens (tertiary/aromatic N) is 1. The average Bonchev–Trinajstić information content (AvgIpc) is 2.86. The molecule has 0 aliphatic carbocycles. The van der Waals surface area contributed by atoms with E-state index in [4.69, 9.17) is 15.5 Å². The van der Waals surface area contributed by atoms with E-state index in [-0.39, 0.29) is 17.1 Å². The zero-order valence-electron chi connectivity index (χ0n) is 11.8. The summed E-state index contributed by atoms with van der Waals surface area (Å²) in [6.07, 6.45) is 3.00. The van der Waals surface area contributed by atoms with Crippen LogP contribution in [-0.4, -0.2) is 23.2 Å². The number of hydrogen-bond acceptors (Lipinski definition) is 4. The predicted molar refractivity (Wildman–Crippen MR) is 76.1 cm³/mol. The van der Waals surface area contributed by atoms with Gasteiger partial charge in [-0.15, -0.1) is 11.3 Å². The smallest absolute Gasteiger partial charge is 0.0945 e. The molecule has 1 aromatic rings. The number of thiazole rings is 1. The number of nitrogens with two attached hydrogens (primary N) is 1. The van der Waals surface area contributed by atoms with Crippen molar-refractivity contribution >= 4 is 11.3 Å². The summed E-state index contributed by atoms with van der Waals surface area (Å²) < 4.78 is 5.80. The first kappa shape index (κ1) is 14.0. The second-order valence-corrected chi connectivity index (χ2v) is 7.39. The summed E-state index contributed by atoms with van der Waals surface area (Å²) in [7, 11) is 0. The number of rotatable bonds is 3. The van der Waals surface area contributed by atoms with Crippen molar-refractivity contribution in [3.8, 4) is 0 Å². The number of hydrogen-bond donors (Lipinski definition) is 1. The lowest BCUT2D eigenvalue weighted by molar-refractivity contribution is -0.000924. The first-order valence-electron chi connectivity index (χ1n) is 6.66. The van der Waals surface area contributed by atoms with E-state index in [0.717, 1.165) is 36.6 Å². The molecule has 2 atom stereocenters. The molecule has 0 saturated carbocycles. The highest BCUT2D eigenvalue weighted by molar-refractivity contribution is 7.09. The molecule has 4 heteroatoms. The molecule has 0 aromatic carbocycles. The predicted octanol–water partition coefficient (Wildman–Crippen LogP) is 2.88. The van der Waals surface area contributed by atoms with Gasteiger partial charge in [0.2, 0.25) is 0 Å². The molecule has 0 amide bonds. The van der Waals surface area contributed by atoms with Gasteiger partial charge in [-0.05, 0) is 19.8 Å². The Balaban J connectivity index is 2.03. The van der Waals surface area contributed by atoms with E-state index < -0.39 is 0 Å². The van der Waals surface area contributed by atoms with Gasteiger partial charge in [0.1, 0.15) is 0 Å². The zero-order chi connectivity index (χ0) is 13.4. The molecule has 2 heterocycles. The number of aromatic nitrogens is 1. The molecule has 3 nitrogen and oxygen atoms in total. The Hall–Kier alpha value is -0.450. The fourth-order valence-electron chi connectivity index (χ4n) is 2.25. The molecular weight excluding hydrogens is 244 g/mol. The van der Waals surface area contributed by atoms with Gasteiger partial charge in [-0.25, -0.2) is 4.98 Å². The largest absolute Gasteiger partial charge is 0.374 e. The van der Waals surface area contributed by atoms with Gasteiger partial charge in [0, 0.05) is 29.9 Å². The van der Waals surface area contributed by atoms with Crippen LogP contribution in [-0.2, 0) is 16.6 Å². The Morgan fingerprint density at radius 2 is 2.28 bits per heavy atom. The summed E-state index contributed by atoms with van der Waals surface area (Å²) in [6.45, 7) is 9.53. The Bertz CT molecular complexity index is 402. The van der Waals surface area contributed by atoms with Crippen molar-refractivity contribution < 1.29 is 4.74 Å². The van der Waals surface area contributed by atoms with Crippen molar-refractivity contribution in [1.82, 2.24) is 4.98 Å². The molecule has 102 valence electrons. The third kappa shape index (κ3) is 2.92. The van der Waals surface area contributed by atoms with Crippen molar-refractivity contribution in [3.63, 3.8) is 0 Å². The quantitative estimate of drug-likeness (QED) is 0.917. The van der Waals surface area contributed by atoms with Crippen LogP contribution in [0, 0.1) is 0 Å². The lowest BCUT2D eigenvalue weighted by atomic mass is 9.91. The minimum atomic E-state index is -0.159. The molecule has 18 heavy (non-hydrogen) atoms.